The third-order valence-corrected chi connectivity index (χ3v) is 4.98. The van der Waals surface area contributed by atoms with Crippen LogP contribution in [0.4, 0.5) is 37.7 Å². The molecule has 0 spiro atoms. The van der Waals surface area contributed by atoms with Gasteiger partial charge in [-0.2, -0.15) is 26.3 Å². The Bertz CT molecular complexity index is 1130. The number of carbonyl (C=O) groups is 4. The van der Waals surface area contributed by atoms with E-state index < -0.39 is 35.4 Å². The summed E-state index contributed by atoms with van der Waals surface area (Å²) >= 11 is 0. The van der Waals surface area contributed by atoms with Gasteiger partial charge in [0, 0.05) is 23.2 Å². The minimum Gasteiger partial charge on any atom is -0.466 e. The van der Waals surface area contributed by atoms with Crippen molar-refractivity contribution in [1.29, 1.82) is 0 Å². The summed E-state index contributed by atoms with van der Waals surface area (Å²) in [5.74, 6) is -1.57. The van der Waals surface area contributed by atoms with Crippen molar-refractivity contribution in [2.45, 2.75) is 67.2 Å². The number of ether oxygens (including phenoxy) is 1. The maximum absolute atomic E-state index is 12.3. The summed E-state index contributed by atoms with van der Waals surface area (Å²) in [5.41, 5.74) is 4.30. The molecule has 0 aliphatic heterocycles. The van der Waals surface area contributed by atoms with E-state index in [2.05, 4.69) is 10.1 Å². The van der Waals surface area contributed by atoms with Crippen molar-refractivity contribution >= 4 is 34.8 Å². The SMILES string of the molecule is C.CC(C)C(=O)CC(=O)Nc1ccc(C(F)(F)F)cc1.CCOC(=O)CC(=O)C(C)C.Nc1ccc(C(F)(F)F)cc1. The summed E-state index contributed by atoms with van der Waals surface area (Å²) in [4.78, 5) is 44.4. The second kappa shape index (κ2) is 18.5. The summed E-state index contributed by atoms with van der Waals surface area (Å²) in [6.07, 6.45) is -9.05. The molecule has 0 aliphatic carbocycles. The standard InChI is InChI=1S/C13H14F3NO2.C8H14O3.C7H6F3N.CH4/c1-8(2)11(18)7-12(19)17-10-5-3-9(4-6-10)13(14,15)16;1-4-11-8(10)5-7(9)6(2)3;8-7(9,10)5-1-3-6(11)4-2-5;/h3-6,8H,7H2,1-2H3,(H,17,19);6H,4-5H2,1-3H3;1-4H,11H2;1H4. The molecule has 13 heteroatoms. The Balaban J connectivity index is 0. The molecule has 0 unspecified atom stereocenters. The second-order valence-electron chi connectivity index (χ2n) is 9.14. The number of halogens is 6. The molecule has 0 fully saturated rings. The molecule has 0 radical (unpaired) electrons. The van der Waals surface area contributed by atoms with Gasteiger partial charge in [-0.1, -0.05) is 35.1 Å². The molecule has 2 rings (SSSR count). The van der Waals surface area contributed by atoms with Crippen molar-refractivity contribution in [3.05, 3.63) is 59.7 Å². The van der Waals surface area contributed by atoms with Gasteiger partial charge in [-0.05, 0) is 55.5 Å². The van der Waals surface area contributed by atoms with Gasteiger partial charge in [-0.3, -0.25) is 19.2 Å². The smallest absolute Gasteiger partial charge is 0.416 e. The first-order valence-electron chi connectivity index (χ1n) is 12.4. The molecule has 0 bridgehead atoms. The van der Waals surface area contributed by atoms with Gasteiger partial charge in [0.25, 0.3) is 0 Å². The van der Waals surface area contributed by atoms with E-state index in [1.54, 1.807) is 34.6 Å². The number of amides is 1. The fraction of sp³-hybridized carbons (Fsp3) is 0.448. The average Bonchev–Trinajstić information content (AvgIpc) is 2.84. The van der Waals surface area contributed by atoms with Crippen molar-refractivity contribution in [1.82, 2.24) is 0 Å². The monoisotopic (exact) mass is 608 g/mol. The average molecular weight is 609 g/mol. The third kappa shape index (κ3) is 17.0. The topological polar surface area (TPSA) is 116 Å². The van der Waals surface area contributed by atoms with Gasteiger partial charge in [-0.15, -0.1) is 0 Å². The van der Waals surface area contributed by atoms with E-state index in [4.69, 9.17) is 5.73 Å². The summed E-state index contributed by atoms with van der Waals surface area (Å²) in [5, 5.41) is 2.38. The van der Waals surface area contributed by atoms with E-state index in [1.165, 1.54) is 12.1 Å². The number of hydrogen-bond donors (Lipinski definition) is 2. The number of benzene rings is 2. The molecule has 0 aliphatic rings. The zero-order chi connectivity index (χ0) is 32.0. The highest BCUT2D eigenvalue weighted by Crippen LogP contribution is 2.30. The number of hydrogen-bond acceptors (Lipinski definition) is 6. The van der Waals surface area contributed by atoms with E-state index in [-0.39, 0.29) is 49.4 Å². The van der Waals surface area contributed by atoms with Crippen LogP contribution in [0.25, 0.3) is 0 Å². The van der Waals surface area contributed by atoms with Crippen LogP contribution in [0.1, 0.15) is 66.0 Å². The zero-order valence-electron chi connectivity index (χ0n) is 23.3. The van der Waals surface area contributed by atoms with Crippen molar-refractivity contribution in [2.24, 2.45) is 11.8 Å². The normalized spacial score (nSPS) is 10.8. The lowest BCUT2D eigenvalue weighted by atomic mass is 10.1. The van der Waals surface area contributed by atoms with E-state index in [1.807, 2.05) is 0 Å². The lowest BCUT2D eigenvalue weighted by molar-refractivity contribution is -0.146. The molecule has 1 amide bonds. The Hall–Kier alpha value is -3.90. The summed E-state index contributed by atoms with van der Waals surface area (Å²) in [6, 6.07) is 8.41. The number of ketones is 2. The molecule has 0 saturated carbocycles. The molecule has 7 nitrogen and oxygen atoms in total. The molecule has 0 heterocycles. The number of rotatable bonds is 8. The Morgan fingerprint density at radius 3 is 1.48 bits per heavy atom. The van der Waals surface area contributed by atoms with Gasteiger partial charge in [-0.25, -0.2) is 0 Å². The third-order valence-electron chi connectivity index (χ3n) is 4.98. The summed E-state index contributed by atoms with van der Waals surface area (Å²) in [7, 11) is 0. The number of nitrogen functional groups attached to an aromatic ring is 1. The van der Waals surface area contributed by atoms with E-state index in [9.17, 15) is 45.5 Å². The van der Waals surface area contributed by atoms with Gasteiger partial charge < -0.3 is 15.8 Å². The van der Waals surface area contributed by atoms with Gasteiger partial charge in [0.1, 0.15) is 18.0 Å². The number of carbonyl (C=O) groups excluding carboxylic acids is 4. The predicted octanol–water partition coefficient (Wildman–Crippen LogP) is 7.35. The minimum atomic E-state index is -4.41. The van der Waals surface area contributed by atoms with E-state index in [0.717, 1.165) is 36.4 Å². The van der Waals surface area contributed by atoms with Crippen molar-refractivity contribution < 1.29 is 50.3 Å². The van der Waals surface area contributed by atoms with Crippen LogP contribution in [0, 0.1) is 11.8 Å². The lowest BCUT2D eigenvalue weighted by Gasteiger charge is -2.09. The number of Topliss-reactive ketones (excluding diaryl/α,β-unsaturated/α-hetero) is 2. The van der Waals surface area contributed by atoms with Crippen molar-refractivity contribution in [3.63, 3.8) is 0 Å². The molecular formula is C29H38F6N2O5. The van der Waals surface area contributed by atoms with Gasteiger partial charge in [0.05, 0.1) is 24.2 Å². The fourth-order valence-corrected chi connectivity index (χ4v) is 2.54. The maximum Gasteiger partial charge on any atom is 0.416 e. The summed E-state index contributed by atoms with van der Waals surface area (Å²) in [6.45, 7) is 8.94. The number of alkyl halides is 6. The fourth-order valence-electron chi connectivity index (χ4n) is 2.54. The first kappa shape index (κ1) is 40.2. The number of anilines is 2. The Kier molecular flexibility index (Phi) is 17.7. The molecule has 0 saturated heterocycles. The van der Waals surface area contributed by atoms with Crippen molar-refractivity contribution in [2.75, 3.05) is 17.7 Å². The highest BCUT2D eigenvalue weighted by atomic mass is 19.4. The molecule has 3 N–H and O–H groups in total. The molecular weight excluding hydrogens is 570 g/mol. The van der Waals surface area contributed by atoms with E-state index in [0.29, 0.717) is 12.3 Å². The number of nitrogens with one attached hydrogen (secondary N) is 1. The predicted molar refractivity (Wildman–Crippen MR) is 148 cm³/mol. The van der Waals surface area contributed by atoms with E-state index >= 15 is 0 Å². The van der Waals surface area contributed by atoms with Crippen LogP contribution in [0.15, 0.2) is 48.5 Å². The van der Waals surface area contributed by atoms with Gasteiger partial charge in [0.15, 0.2) is 0 Å². The Morgan fingerprint density at radius 1 is 0.738 bits per heavy atom. The van der Waals surface area contributed by atoms with Crippen LogP contribution in [0.2, 0.25) is 0 Å². The number of nitrogens with two attached hydrogens (primary N) is 1. The van der Waals surface area contributed by atoms with Crippen LogP contribution < -0.4 is 11.1 Å². The highest BCUT2D eigenvalue weighted by Gasteiger charge is 2.30. The van der Waals surface area contributed by atoms with Gasteiger partial charge in [0.2, 0.25) is 5.91 Å². The molecule has 2 aromatic rings. The minimum absolute atomic E-state index is 0. The Morgan fingerprint density at radius 2 is 1.12 bits per heavy atom. The molecule has 236 valence electrons. The highest BCUT2D eigenvalue weighted by molar-refractivity contribution is 6.04. The summed E-state index contributed by atoms with van der Waals surface area (Å²) < 4.78 is 77.2. The molecule has 0 aromatic heterocycles. The van der Waals surface area contributed by atoms with Crippen LogP contribution in [0.3, 0.4) is 0 Å². The van der Waals surface area contributed by atoms with Crippen LogP contribution in [-0.2, 0) is 36.3 Å². The quantitative estimate of drug-likeness (QED) is 0.140. The molecule has 0 atom stereocenters. The first-order chi connectivity index (χ1) is 18.8. The van der Waals surface area contributed by atoms with Gasteiger partial charge >= 0.3 is 18.3 Å². The largest absolute Gasteiger partial charge is 0.466 e. The molecule has 2 aromatic carbocycles. The Labute approximate surface area is 241 Å². The number of esters is 1. The van der Waals surface area contributed by atoms with Crippen molar-refractivity contribution in [3.8, 4) is 0 Å². The van der Waals surface area contributed by atoms with Crippen LogP contribution >= 0.6 is 0 Å². The maximum atomic E-state index is 12.3. The lowest BCUT2D eigenvalue weighted by Crippen LogP contribution is -2.19. The first-order valence-corrected chi connectivity index (χ1v) is 12.4. The van der Waals surface area contributed by atoms with Crippen LogP contribution in [-0.4, -0.2) is 30.0 Å². The second-order valence-corrected chi connectivity index (χ2v) is 9.14. The molecule has 42 heavy (non-hydrogen) atoms. The van der Waals surface area contributed by atoms with Crippen LogP contribution in [0.5, 0.6) is 0 Å². The zero-order valence-corrected chi connectivity index (χ0v) is 23.3.